The summed E-state index contributed by atoms with van der Waals surface area (Å²) in [5, 5.41) is 1.18. The van der Waals surface area contributed by atoms with E-state index in [1.807, 2.05) is 17.0 Å². The van der Waals surface area contributed by atoms with E-state index in [0.717, 1.165) is 41.5 Å². The molecular formula is C27H36N4OS. The highest BCUT2D eigenvalue weighted by Crippen LogP contribution is 2.36. The van der Waals surface area contributed by atoms with Gasteiger partial charge in [0.2, 0.25) is 0 Å². The predicted molar refractivity (Wildman–Crippen MR) is 139 cm³/mol. The lowest BCUT2D eigenvalue weighted by atomic mass is 10.0. The zero-order valence-electron chi connectivity index (χ0n) is 20.6. The second kappa shape index (κ2) is 10.2. The average molecular weight is 465 g/mol. The molecule has 3 aromatic rings. The highest BCUT2D eigenvalue weighted by atomic mass is 32.1. The molecule has 5 nitrogen and oxygen atoms in total. The molecular weight excluding hydrogens is 428 g/mol. The largest absolute Gasteiger partial charge is 0.352 e. The van der Waals surface area contributed by atoms with Crippen molar-refractivity contribution in [2.24, 2.45) is 0 Å². The zero-order valence-corrected chi connectivity index (χ0v) is 21.5. The van der Waals surface area contributed by atoms with Crippen LogP contribution in [0, 0.1) is 13.8 Å². The SMILES string of the molecule is CCCCCc1ccc(C(=O)N2CCN(c3nc(C(C)C)nc4sc(C)c(C)c34)CC2)cc1. The van der Waals surface area contributed by atoms with Crippen molar-refractivity contribution >= 4 is 33.3 Å². The molecule has 0 N–H and O–H groups in total. The number of piperazine rings is 1. The number of fused-ring (bicyclic) bond motifs is 1. The number of carbonyl (C=O) groups is 1. The van der Waals surface area contributed by atoms with Gasteiger partial charge in [0.15, 0.2) is 0 Å². The number of rotatable bonds is 7. The molecule has 0 unspecified atom stereocenters. The second-order valence-corrected chi connectivity index (χ2v) is 10.7. The molecule has 6 heteroatoms. The number of benzene rings is 1. The van der Waals surface area contributed by atoms with Crippen LogP contribution in [-0.4, -0.2) is 47.0 Å². The summed E-state index contributed by atoms with van der Waals surface area (Å²) in [6.45, 7) is 13.8. The third-order valence-electron chi connectivity index (χ3n) is 6.68. The number of aryl methyl sites for hydroxylation is 3. The lowest BCUT2D eigenvalue weighted by Crippen LogP contribution is -2.49. The number of anilines is 1. The maximum atomic E-state index is 13.1. The zero-order chi connectivity index (χ0) is 23.5. The van der Waals surface area contributed by atoms with Crippen LogP contribution >= 0.6 is 11.3 Å². The number of unbranched alkanes of at least 4 members (excludes halogenated alkanes) is 2. The van der Waals surface area contributed by atoms with Gasteiger partial charge in [0.05, 0.1) is 5.39 Å². The monoisotopic (exact) mass is 464 g/mol. The Bertz CT molecular complexity index is 1110. The molecule has 3 heterocycles. The molecule has 0 saturated carbocycles. The molecule has 2 aromatic heterocycles. The van der Waals surface area contributed by atoms with E-state index in [-0.39, 0.29) is 11.8 Å². The van der Waals surface area contributed by atoms with Crippen molar-refractivity contribution in [2.75, 3.05) is 31.1 Å². The summed E-state index contributed by atoms with van der Waals surface area (Å²) in [4.78, 5) is 29.6. The van der Waals surface area contributed by atoms with Crippen LogP contribution in [0.1, 0.15) is 78.1 Å². The normalized spacial score (nSPS) is 14.5. The fraction of sp³-hybridized carbons (Fsp3) is 0.519. The number of hydrogen-bond acceptors (Lipinski definition) is 5. The van der Waals surface area contributed by atoms with E-state index < -0.39 is 0 Å². The predicted octanol–water partition coefficient (Wildman–Crippen LogP) is 6.13. The number of carbonyl (C=O) groups excluding carboxylic acids is 1. The highest BCUT2D eigenvalue weighted by Gasteiger charge is 2.26. The maximum Gasteiger partial charge on any atom is 0.253 e. The smallest absolute Gasteiger partial charge is 0.253 e. The number of amides is 1. The topological polar surface area (TPSA) is 49.3 Å². The van der Waals surface area contributed by atoms with Crippen molar-refractivity contribution in [1.29, 1.82) is 0 Å². The Balaban J connectivity index is 1.47. The van der Waals surface area contributed by atoms with Crippen LogP contribution in [0.4, 0.5) is 5.82 Å². The van der Waals surface area contributed by atoms with E-state index in [0.29, 0.717) is 13.1 Å². The number of aromatic nitrogens is 2. The summed E-state index contributed by atoms with van der Waals surface area (Å²) in [5.74, 6) is 2.35. The van der Waals surface area contributed by atoms with E-state index in [9.17, 15) is 4.79 Å². The van der Waals surface area contributed by atoms with Crippen molar-refractivity contribution in [3.05, 3.63) is 51.7 Å². The second-order valence-electron chi connectivity index (χ2n) is 9.46. The van der Waals surface area contributed by atoms with Crippen LogP contribution in [0.5, 0.6) is 0 Å². The minimum Gasteiger partial charge on any atom is -0.352 e. The van der Waals surface area contributed by atoms with E-state index in [1.54, 1.807) is 11.3 Å². The molecule has 176 valence electrons. The van der Waals surface area contributed by atoms with Gasteiger partial charge in [-0.25, -0.2) is 9.97 Å². The van der Waals surface area contributed by atoms with Crippen molar-refractivity contribution in [2.45, 2.75) is 66.2 Å². The van der Waals surface area contributed by atoms with Crippen LogP contribution in [0.2, 0.25) is 0 Å². The molecule has 33 heavy (non-hydrogen) atoms. The van der Waals surface area contributed by atoms with E-state index in [4.69, 9.17) is 9.97 Å². The van der Waals surface area contributed by atoms with Gasteiger partial charge in [-0.05, 0) is 49.9 Å². The Hall–Kier alpha value is -2.47. The molecule has 0 aliphatic carbocycles. The summed E-state index contributed by atoms with van der Waals surface area (Å²) in [6, 6.07) is 8.23. The minimum atomic E-state index is 0.132. The lowest BCUT2D eigenvalue weighted by molar-refractivity contribution is 0.0746. The van der Waals surface area contributed by atoms with Gasteiger partial charge in [0.1, 0.15) is 16.5 Å². The molecule has 1 aliphatic heterocycles. The van der Waals surface area contributed by atoms with Crippen LogP contribution in [0.15, 0.2) is 24.3 Å². The molecule has 1 aliphatic rings. The summed E-state index contributed by atoms with van der Waals surface area (Å²) in [6.07, 6.45) is 4.79. The van der Waals surface area contributed by atoms with Crippen molar-refractivity contribution in [3.8, 4) is 0 Å². The van der Waals surface area contributed by atoms with Gasteiger partial charge in [-0.2, -0.15) is 0 Å². The third-order valence-corrected chi connectivity index (χ3v) is 7.78. The highest BCUT2D eigenvalue weighted by molar-refractivity contribution is 7.18. The van der Waals surface area contributed by atoms with Gasteiger partial charge in [-0.15, -0.1) is 11.3 Å². The Morgan fingerprint density at radius 3 is 2.36 bits per heavy atom. The first kappa shape index (κ1) is 23.7. The fourth-order valence-electron chi connectivity index (χ4n) is 4.43. The van der Waals surface area contributed by atoms with Crippen LogP contribution in [-0.2, 0) is 6.42 Å². The molecule has 4 rings (SSSR count). The Labute approximate surface area is 201 Å². The summed E-state index contributed by atoms with van der Waals surface area (Å²) < 4.78 is 0. The molecule has 1 aromatic carbocycles. The van der Waals surface area contributed by atoms with Crippen molar-refractivity contribution in [1.82, 2.24) is 14.9 Å². The molecule has 1 fully saturated rings. The number of hydrogen-bond donors (Lipinski definition) is 0. The van der Waals surface area contributed by atoms with Gasteiger partial charge < -0.3 is 9.80 Å². The van der Waals surface area contributed by atoms with Crippen LogP contribution in [0.25, 0.3) is 10.2 Å². The quantitative estimate of drug-likeness (QED) is 0.395. The summed E-state index contributed by atoms with van der Waals surface area (Å²) in [7, 11) is 0. The Kier molecular flexibility index (Phi) is 7.32. The maximum absolute atomic E-state index is 13.1. The molecule has 0 bridgehead atoms. The van der Waals surface area contributed by atoms with Gasteiger partial charge >= 0.3 is 0 Å². The van der Waals surface area contributed by atoms with Crippen molar-refractivity contribution < 1.29 is 4.79 Å². The fourth-order valence-corrected chi connectivity index (χ4v) is 5.46. The third kappa shape index (κ3) is 5.06. The average Bonchev–Trinajstić information content (AvgIpc) is 3.12. The summed E-state index contributed by atoms with van der Waals surface area (Å²) in [5.41, 5.74) is 3.39. The number of thiophene rings is 1. The first-order chi connectivity index (χ1) is 15.9. The molecule has 1 saturated heterocycles. The minimum absolute atomic E-state index is 0.132. The van der Waals surface area contributed by atoms with Gasteiger partial charge in [-0.3, -0.25) is 4.79 Å². The van der Waals surface area contributed by atoms with Gasteiger partial charge in [-0.1, -0.05) is 45.7 Å². The number of nitrogens with zero attached hydrogens (tertiary/aromatic N) is 4. The summed E-state index contributed by atoms with van der Waals surface area (Å²) >= 11 is 1.76. The van der Waals surface area contributed by atoms with Crippen LogP contribution in [0.3, 0.4) is 0 Å². The Morgan fingerprint density at radius 2 is 1.73 bits per heavy atom. The van der Waals surface area contributed by atoms with E-state index in [1.165, 1.54) is 40.7 Å². The first-order valence-electron chi connectivity index (χ1n) is 12.3. The molecule has 1 amide bonds. The molecule has 0 atom stereocenters. The van der Waals surface area contributed by atoms with Gasteiger partial charge in [0.25, 0.3) is 5.91 Å². The standard InChI is InChI=1S/C27H36N4OS/c1-6-7-8-9-21-10-12-22(13-11-21)27(32)31-16-14-30(15-17-31)25-23-19(4)20(5)33-26(23)29-24(28-25)18(2)3/h10-13,18H,6-9,14-17H2,1-5H3. The lowest BCUT2D eigenvalue weighted by Gasteiger charge is -2.36. The van der Waals surface area contributed by atoms with Gasteiger partial charge in [0, 0.05) is 42.5 Å². The first-order valence-corrected chi connectivity index (χ1v) is 13.1. The van der Waals surface area contributed by atoms with E-state index >= 15 is 0 Å². The Morgan fingerprint density at radius 1 is 1.03 bits per heavy atom. The van der Waals surface area contributed by atoms with Crippen LogP contribution < -0.4 is 4.90 Å². The van der Waals surface area contributed by atoms with E-state index in [2.05, 4.69) is 51.7 Å². The molecule has 0 radical (unpaired) electrons. The molecule has 0 spiro atoms. The van der Waals surface area contributed by atoms with Crippen molar-refractivity contribution in [3.63, 3.8) is 0 Å².